The zero-order chi connectivity index (χ0) is 12.6. The first kappa shape index (κ1) is 13.0. The first-order valence-electron chi connectivity index (χ1n) is 6.31. The number of rotatable bonds is 5. The fourth-order valence-electron chi connectivity index (χ4n) is 1.94. The van der Waals surface area contributed by atoms with Crippen molar-refractivity contribution in [1.82, 2.24) is 15.6 Å². The summed E-state index contributed by atoms with van der Waals surface area (Å²) in [7, 11) is 0. The molecule has 0 aliphatic carbocycles. The maximum Gasteiger partial charge on any atom is 0.234 e. The zero-order valence-corrected chi connectivity index (χ0v) is 10.4. The van der Waals surface area contributed by atoms with Crippen molar-refractivity contribution < 1.29 is 9.53 Å². The molecule has 1 aromatic rings. The lowest BCUT2D eigenvalue weighted by Crippen LogP contribution is -2.42. The molecular formula is C13H19N3O2. The molecule has 1 fully saturated rings. The Morgan fingerprint density at radius 2 is 2.06 bits per heavy atom. The third kappa shape index (κ3) is 4.43. The van der Waals surface area contributed by atoms with Gasteiger partial charge in [-0.05, 0) is 30.5 Å². The Kier molecular flexibility index (Phi) is 5.11. The molecule has 0 aromatic carbocycles. The van der Waals surface area contributed by atoms with Gasteiger partial charge in [0.25, 0.3) is 0 Å². The summed E-state index contributed by atoms with van der Waals surface area (Å²) in [4.78, 5) is 15.6. The normalized spacial score (nSPS) is 16.4. The number of amides is 1. The van der Waals surface area contributed by atoms with E-state index in [1.54, 1.807) is 12.4 Å². The van der Waals surface area contributed by atoms with Gasteiger partial charge < -0.3 is 15.4 Å². The van der Waals surface area contributed by atoms with Crippen LogP contribution in [0, 0.1) is 0 Å². The van der Waals surface area contributed by atoms with Gasteiger partial charge >= 0.3 is 0 Å². The van der Waals surface area contributed by atoms with E-state index in [4.69, 9.17) is 4.74 Å². The lowest BCUT2D eigenvalue weighted by molar-refractivity contribution is -0.121. The van der Waals surface area contributed by atoms with E-state index in [1.165, 1.54) is 0 Å². The highest BCUT2D eigenvalue weighted by atomic mass is 16.5. The number of aromatic nitrogens is 1. The predicted octanol–water partition coefficient (Wildman–Crippen LogP) is 0.466. The molecule has 0 bridgehead atoms. The Bertz CT molecular complexity index is 364. The molecule has 0 radical (unpaired) electrons. The molecular weight excluding hydrogens is 230 g/mol. The molecule has 1 aromatic heterocycles. The molecule has 18 heavy (non-hydrogen) atoms. The van der Waals surface area contributed by atoms with Gasteiger partial charge in [-0.3, -0.25) is 9.78 Å². The SMILES string of the molecule is O=C(CNCc1ccncc1)NC1CCOCC1. The average molecular weight is 249 g/mol. The number of pyridine rings is 1. The Morgan fingerprint density at radius 3 is 2.78 bits per heavy atom. The second kappa shape index (κ2) is 7.08. The molecule has 5 heteroatoms. The highest BCUT2D eigenvalue weighted by Gasteiger charge is 2.15. The van der Waals surface area contributed by atoms with Crippen molar-refractivity contribution in [3.05, 3.63) is 30.1 Å². The van der Waals surface area contributed by atoms with Crippen LogP contribution >= 0.6 is 0 Å². The fourth-order valence-corrected chi connectivity index (χ4v) is 1.94. The number of hydrogen-bond acceptors (Lipinski definition) is 4. The summed E-state index contributed by atoms with van der Waals surface area (Å²) >= 11 is 0. The predicted molar refractivity (Wildman–Crippen MR) is 67.9 cm³/mol. The Labute approximate surface area is 107 Å². The number of ether oxygens (including phenoxy) is 1. The summed E-state index contributed by atoms with van der Waals surface area (Å²) in [6, 6.07) is 4.14. The standard InChI is InChI=1S/C13H19N3O2/c17-13(16-12-3-7-18-8-4-12)10-15-9-11-1-5-14-6-2-11/h1-2,5-6,12,15H,3-4,7-10H2,(H,16,17). The largest absolute Gasteiger partial charge is 0.381 e. The third-order valence-electron chi connectivity index (χ3n) is 2.95. The van der Waals surface area contributed by atoms with E-state index in [0.29, 0.717) is 13.1 Å². The van der Waals surface area contributed by atoms with Crippen molar-refractivity contribution in [3.63, 3.8) is 0 Å². The van der Waals surface area contributed by atoms with E-state index in [9.17, 15) is 4.79 Å². The van der Waals surface area contributed by atoms with Crippen molar-refractivity contribution in [3.8, 4) is 0 Å². The van der Waals surface area contributed by atoms with Gasteiger partial charge in [-0.25, -0.2) is 0 Å². The quantitative estimate of drug-likeness (QED) is 0.796. The van der Waals surface area contributed by atoms with Gasteiger partial charge in [-0.2, -0.15) is 0 Å². The summed E-state index contributed by atoms with van der Waals surface area (Å²) < 4.78 is 5.25. The van der Waals surface area contributed by atoms with Gasteiger partial charge in [0.1, 0.15) is 0 Å². The minimum atomic E-state index is 0.0518. The first-order chi connectivity index (χ1) is 8.84. The van der Waals surface area contributed by atoms with E-state index in [-0.39, 0.29) is 11.9 Å². The van der Waals surface area contributed by atoms with Crippen LogP contribution in [0.4, 0.5) is 0 Å². The Hall–Kier alpha value is -1.46. The van der Waals surface area contributed by atoms with E-state index in [2.05, 4.69) is 15.6 Å². The molecule has 1 aliphatic rings. The van der Waals surface area contributed by atoms with Gasteiger partial charge in [0.2, 0.25) is 5.91 Å². The van der Waals surface area contributed by atoms with Gasteiger partial charge in [-0.1, -0.05) is 0 Å². The second-order valence-electron chi connectivity index (χ2n) is 4.41. The number of hydrogen-bond donors (Lipinski definition) is 2. The van der Waals surface area contributed by atoms with Crippen molar-refractivity contribution in [1.29, 1.82) is 0 Å². The molecule has 2 rings (SSSR count). The van der Waals surface area contributed by atoms with Crippen LogP contribution in [-0.2, 0) is 16.1 Å². The Morgan fingerprint density at radius 1 is 1.33 bits per heavy atom. The van der Waals surface area contributed by atoms with Crippen LogP contribution in [0.1, 0.15) is 18.4 Å². The molecule has 1 aliphatic heterocycles. The van der Waals surface area contributed by atoms with Crippen molar-refractivity contribution in [2.24, 2.45) is 0 Å². The molecule has 2 heterocycles. The van der Waals surface area contributed by atoms with Crippen LogP contribution < -0.4 is 10.6 Å². The average Bonchev–Trinajstić information content (AvgIpc) is 2.41. The van der Waals surface area contributed by atoms with Crippen molar-refractivity contribution >= 4 is 5.91 Å². The maximum atomic E-state index is 11.7. The van der Waals surface area contributed by atoms with Crippen molar-refractivity contribution in [2.75, 3.05) is 19.8 Å². The molecule has 0 unspecified atom stereocenters. The van der Waals surface area contributed by atoms with Gasteiger partial charge in [-0.15, -0.1) is 0 Å². The highest BCUT2D eigenvalue weighted by Crippen LogP contribution is 2.05. The summed E-state index contributed by atoms with van der Waals surface area (Å²) in [6.07, 6.45) is 5.32. The van der Waals surface area contributed by atoms with E-state index < -0.39 is 0 Å². The van der Waals surface area contributed by atoms with Crippen molar-refractivity contribution in [2.45, 2.75) is 25.4 Å². The molecule has 0 spiro atoms. The Balaban J connectivity index is 1.62. The van der Waals surface area contributed by atoms with Crippen LogP contribution in [0.15, 0.2) is 24.5 Å². The van der Waals surface area contributed by atoms with E-state index in [1.807, 2.05) is 12.1 Å². The molecule has 98 valence electrons. The van der Waals surface area contributed by atoms with E-state index in [0.717, 1.165) is 31.6 Å². The minimum Gasteiger partial charge on any atom is -0.381 e. The summed E-state index contributed by atoms with van der Waals surface area (Å²) in [5.41, 5.74) is 1.13. The lowest BCUT2D eigenvalue weighted by atomic mass is 10.1. The summed E-state index contributed by atoms with van der Waals surface area (Å²) in [5.74, 6) is 0.0518. The minimum absolute atomic E-state index is 0.0518. The molecule has 5 nitrogen and oxygen atoms in total. The number of carbonyl (C=O) groups is 1. The molecule has 0 atom stereocenters. The second-order valence-corrected chi connectivity index (χ2v) is 4.41. The first-order valence-corrected chi connectivity index (χ1v) is 6.31. The molecule has 2 N–H and O–H groups in total. The van der Waals surface area contributed by atoms with Gasteiger partial charge in [0.05, 0.1) is 6.54 Å². The number of carbonyl (C=O) groups excluding carboxylic acids is 1. The van der Waals surface area contributed by atoms with Crippen LogP contribution in [-0.4, -0.2) is 36.7 Å². The fraction of sp³-hybridized carbons (Fsp3) is 0.538. The molecule has 1 amide bonds. The number of nitrogens with one attached hydrogen (secondary N) is 2. The van der Waals surface area contributed by atoms with Gasteiger partial charge in [0, 0.05) is 38.2 Å². The monoisotopic (exact) mass is 249 g/mol. The van der Waals surface area contributed by atoms with Crippen LogP contribution in [0.2, 0.25) is 0 Å². The van der Waals surface area contributed by atoms with Crippen LogP contribution in [0.25, 0.3) is 0 Å². The topological polar surface area (TPSA) is 63.2 Å². The van der Waals surface area contributed by atoms with Crippen LogP contribution in [0.5, 0.6) is 0 Å². The van der Waals surface area contributed by atoms with E-state index >= 15 is 0 Å². The summed E-state index contributed by atoms with van der Waals surface area (Å²) in [5, 5.41) is 6.13. The highest BCUT2D eigenvalue weighted by molar-refractivity contribution is 5.78. The van der Waals surface area contributed by atoms with Gasteiger partial charge in [0.15, 0.2) is 0 Å². The third-order valence-corrected chi connectivity index (χ3v) is 2.95. The summed E-state index contributed by atoms with van der Waals surface area (Å²) in [6.45, 7) is 2.52. The van der Waals surface area contributed by atoms with Crippen LogP contribution in [0.3, 0.4) is 0 Å². The maximum absolute atomic E-state index is 11.7. The number of nitrogens with zero attached hydrogens (tertiary/aromatic N) is 1. The zero-order valence-electron chi connectivity index (χ0n) is 10.4. The smallest absolute Gasteiger partial charge is 0.234 e. The lowest BCUT2D eigenvalue weighted by Gasteiger charge is -2.23. The molecule has 1 saturated heterocycles. The molecule has 0 saturated carbocycles.